The average Bonchev–Trinajstić information content (AvgIpc) is 2.63. The topological polar surface area (TPSA) is 47.4 Å². The van der Waals surface area contributed by atoms with E-state index in [0.29, 0.717) is 5.56 Å². The summed E-state index contributed by atoms with van der Waals surface area (Å²) in [6.07, 6.45) is 3.31. The van der Waals surface area contributed by atoms with Crippen molar-refractivity contribution in [3.8, 4) is 0 Å². The molecule has 0 spiro atoms. The van der Waals surface area contributed by atoms with Crippen LogP contribution in [0, 0.1) is 6.92 Å². The smallest absolute Gasteiger partial charge is 0.155 e. The summed E-state index contributed by atoms with van der Waals surface area (Å²) < 4.78 is 7.19. The molecule has 0 bridgehead atoms. The van der Waals surface area contributed by atoms with Crippen LogP contribution in [-0.4, -0.2) is 42.4 Å². The molecule has 0 aliphatic carbocycles. The number of nitrogens with zero attached hydrogens (tertiary/aromatic N) is 3. The maximum Gasteiger partial charge on any atom is 0.155 e. The van der Waals surface area contributed by atoms with E-state index in [-0.39, 0.29) is 6.10 Å². The van der Waals surface area contributed by atoms with Crippen LogP contribution in [0.5, 0.6) is 0 Å². The fourth-order valence-corrected chi connectivity index (χ4v) is 2.50. The van der Waals surface area contributed by atoms with Gasteiger partial charge in [-0.15, -0.1) is 0 Å². The molecule has 1 aliphatic rings. The Kier molecular flexibility index (Phi) is 3.47. The molecule has 1 saturated heterocycles. The van der Waals surface area contributed by atoms with Gasteiger partial charge in [0.2, 0.25) is 0 Å². The molecular formula is C12H19N3O2. The van der Waals surface area contributed by atoms with Gasteiger partial charge in [-0.1, -0.05) is 0 Å². The Morgan fingerprint density at radius 3 is 2.94 bits per heavy atom. The van der Waals surface area contributed by atoms with Crippen LogP contribution in [0.1, 0.15) is 28.9 Å². The van der Waals surface area contributed by atoms with E-state index >= 15 is 0 Å². The largest absolute Gasteiger partial charge is 0.380 e. The summed E-state index contributed by atoms with van der Waals surface area (Å²) in [4.78, 5) is 13.3. The van der Waals surface area contributed by atoms with Crippen LogP contribution < -0.4 is 4.90 Å². The highest BCUT2D eigenvalue weighted by Gasteiger charge is 2.25. The first-order valence-corrected chi connectivity index (χ1v) is 5.94. The Morgan fingerprint density at radius 1 is 1.53 bits per heavy atom. The lowest BCUT2D eigenvalue weighted by Gasteiger charge is -2.33. The van der Waals surface area contributed by atoms with Crippen LogP contribution in [0.4, 0.5) is 5.82 Å². The van der Waals surface area contributed by atoms with Crippen LogP contribution in [0.25, 0.3) is 0 Å². The van der Waals surface area contributed by atoms with Crippen molar-refractivity contribution in [3.05, 3.63) is 11.3 Å². The quantitative estimate of drug-likeness (QED) is 0.740. The minimum Gasteiger partial charge on any atom is -0.380 e. The number of methoxy groups -OCH3 is 1. The molecule has 17 heavy (non-hydrogen) atoms. The molecule has 1 fully saturated rings. The van der Waals surface area contributed by atoms with E-state index in [9.17, 15) is 4.79 Å². The van der Waals surface area contributed by atoms with Gasteiger partial charge in [-0.3, -0.25) is 9.48 Å². The summed E-state index contributed by atoms with van der Waals surface area (Å²) in [5, 5.41) is 4.31. The van der Waals surface area contributed by atoms with Gasteiger partial charge in [0.25, 0.3) is 0 Å². The van der Waals surface area contributed by atoms with Gasteiger partial charge >= 0.3 is 0 Å². The van der Waals surface area contributed by atoms with Crippen molar-refractivity contribution in [3.63, 3.8) is 0 Å². The molecule has 1 aromatic heterocycles. The average molecular weight is 237 g/mol. The van der Waals surface area contributed by atoms with Gasteiger partial charge in [0.15, 0.2) is 6.29 Å². The maximum absolute atomic E-state index is 11.1. The fourth-order valence-electron chi connectivity index (χ4n) is 2.50. The molecule has 1 atom stereocenters. The Balaban J connectivity index is 2.29. The predicted octanol–water partition coefficient (Wildman–Crippen LogP) is 1.16. The minimum absolute atomic E-state index is 0.249. The fraction of sp³-hybridized carbons (Fsp3) is 0.667. The summed E-state index contributed by atoms with van der Waals surface area (Å²) in [5.74, 6) is 0.916. The number of aryl methyl sites for hydroxylation is 2. The molecule has 1 unspecified atom stereocenters. The van der Waals surface area contributed by atoms with Crippen molar-refractivity contribution >= 4 is 12.1 Å². The standard InChI is InChI=1S/C12H19N3O2/c1-9-11(8-16)12(14(2)13-9)15-6-4-5-10(7-15)17-3/h8,10H,4-7H2,1-3H3. The van der Waals surface area contributed by atoms with E-state index < -0.39 is 0 Å². The highest BCUT2D eigenvalue weighted by atomic mass is 16.5. The molecule has 0 aromatic carbocycles. The maximum atomic E-state index is 11.1. The molecule has 2 rings (SSSR count). The van der Waals surface area contributed by atoms with Crippen LogP contribution in [-0.2, 0) is 11.8 Å². The number of carbonyl (C=O) groups is 1. The third-order valence-electron chi connectivity index (χ3n) is 3.37. The molecule has 1 aliphatic heterocycles. The second-order valence-corrected chi connectivity index (χ2v) is 4.51. The number of aldehydes is 1. The van der Waals surface area contributed by atoms with Gasteiger partial charge in [-0.05, 0) is 19.8 Å². The second kappa shape index (κ2) is 4.87. The number of rotatable bonds is 3. The first-order chi connectivity index (χ1) is 8.17. The lowest BCUT2D eigenvalue weighted by Crippen LogP contribution is -2.40. The summed E-state index contributed by atoms with van der Waals surface area (Å²) in [6.45, 7) is 3.65. The molecule has 0 N–H and O–H groups in total. The van der Waals surface area contributed by atoms with Crippen molar-refractivity contribution in [1.29, 1.82) is 0 Å². The number of anilines is 1. The van der Waals surface area contributed by atoms with Crippen molar-refractivity contribution in [2.45, 2.75) is 25.9 Å². The van der Waals surface area contributed by atoms with Crippen molar-refractivity contribution in [1.82, 2.24) is 9.78 Å². The summed E-state index contributed by atoms with van der Waals surface area (Å²) in [7, 11) is 3.62. The van der Waals surface area contributed by atoms with E-state index in [0.717, 1.165) is 43.7 Å². The molecule has 5 nitrogen and oxygen atoms in total. The Morgan fingerprint density at radius 2 is 2.29 bits per heavy atom. The van der Waals surface area contributed by atoms with E-state index in [2.05, 4.69) is 10.00 Å². The number of piperidine rings is 1. The molecule has 0 radical (unpaired) electrons. The zero-order valence-corrected chi connectivity index (χ0v) is 10.6. The van der Waals surface area contributed by atoms with Crippen LogP contribution >= 0.6 is 0 Å². The van der Waals surface area contributed by atoms with E-state index in [1.165, 1.54) is 0 Å². The highest BCUT2D eigenvalue weighted by molar-refractivity contribution is 5.84. The number of carbonyl (C=O) groups excluding carboxylic acids is 1. The second-order valence-electron chi connectivity index (χ2n) is 4.51. The number of hydrogen-bond acceptors (Lipinski definition) is 4. The zero-order valence-electron chi connectivity index (χ0n) is 10.6. The summed E-state index contributed by atoms with van der Waals surface area (Å²) in [5.41, 5.74) is 1.49. The first-order valence-electron chi connectivity index (χ1n) is 5.94. The van der Waals surface area contributed by atoms with Crippen molar-refractivity contribution < 1.29 is 9.53 Å². The van der Waals surface area contributed by atoms with E-state index in [4.69, 9.17) is 4.74 Å². The molecular weight excluding hydrogens is 218 g/mol. The third-order valence-corrected chi connectivity index (χ3v) is 3.37. The molecule has 94 valence electrons. The molecule has 5 heteroatoms. The Labute approximate surface area is 101 Å². The normalized spacial score (nSPS) is 20.6. The number of aromatic nitrogens is 2. The SMILES string of the molecule is COC1CCCN(c2c(C=O)c(C)nn2C)C1. The zero-order chi connectivity index (χ0) is 12.4. The summed E-state index contributed by atoms with van der Waals surface area (Å²) in [6, 6.07) is 0. The van der Waals surface area contributed by atoms with Crippen LogP contribution in [0.15, 0.2) is 0 Å². The monoisotopic (exact) mass is 237 g/mol. The van der Waals surface area contributed by atoms with Crippen molar-refractivity contribution in [2.75, 3.05) is 25.1 Å². The molecule has 0 saturated carbocycles. The van der Waals surface area contributed by atoms with Gasteiger partial charge < -0.3 is 9.64 Å². The van der Waals surface area contributed by atoms with Gasteiger partial charge in [-0.25, -0.2) is 0 Å². The first kappa shape index (κ1) is 12.1. The van der Waals surface area contributed by atoms with Gasteiger partial charge in [0, 0.05) is 27.2 Å². The van der Waals surface area contributed by atoms with Crippen molar-refractivity contribution in [2.24, 2.45) is 7.05 Å². The summed E-state index contributed by atoms with van der Waals surface area (Å²) >= 11 is 0. The van der Waals surface area contributed by atoms with E-state index in [1.54, 1.807) is 11.8 Å². The molecule has 0 amide bonds. The van der Waals surface area contributed by atoms with Crippen LogP contribution in [0.2, 0.25) is 0 Å². The molecule has 2 heterocycles. The third kappa shape index (κ3) is 2.20. The van der Waals surface area contributed by atoms with Gasteiger partial charge in [-0.2, -0.15) is 5.10 Å². The Bertz CT molecular complexity index is 414. The Hall–Kier alpha value is -1.36. The lowest BCUT2D eigenvalue weighted by atomic mass is 10.1. The van der Waals surface area contributed by atoms with Gasteiger partial charge in [0.05, 0.1) is 17.4 Å². The number of hydrogen-bond donors (Lipinski definition) is 0. The number of ether oxygens (including phenoxy) is 1. The molecule has 1 aromatic rings. The lowest BCUT2D eigenvalue weighted by molar-refractivity contribution is 0.0888. The van der Waals surface area contributed by atoms with E-state index in [1.807, 2.05) is 14.0 Å². The predicted molar refractivity (Wildman–Crippen MR) is 65.6 cm³/mol. The highest BCUT2D eigenvalue weighted by Crippen LogP contribution is 2.25. The van der Waals surface area contributed by atoms with Crippen LogP contribution in [0.3, 0.4) is 0 Å². The minimum atomic E-state index is 0.249. The van der Waals surface area contributed by atoms with Gasteiger partial charge in [0.1, 0.15) is 5.82 Å².